The highest BCUT2D eigenvalue weighted by molar-refractivity contribution is 8.14. The van der Waals surface area contributed by atoms with Crippen LogP contribution < -0.4 is 0 Å². The minimum atomic E-state index is -0.411. The monoisotopic (exact) mass is 281 g/mol. The van der Waals surface area contributed by atoms with Crippen molar-refractivity contribution in [2.24, 2.45) is 15.9 Å². The lowest BCUT2D eigenvalue weighted by Crippen LogP contribution is -2.33. The number of carbonyl (C=O) groups is 2. The summed E-state index contributed by atoms with van der Waals surface area (Å²) in [6.07, 6.45) is 2.94. The molecular formula is C13H19N3O2S. The van der Waals surface area contributed by atoms with Crippen molar-refractivity contribution in [1.29, 1.82) is 0 Å². The Morgan fingerprint density at radius 3 is 2.79 bits per heavy atom. The van der Waals surface area contributed by atoms with Crippen LogP contribution >= 0.6 is 11.8 Å². The zero-order valence-electron chi connectivity index (χ0n) is 11.4. The highest BCUT2D eigenvalue weighted by Crippen LogP contribution is 2.31. The summed E-state index contributed by atoms with van der Waals surface area (Å²) in [5.74, 6) is 0.650. The average molecular weight is 281 g/mol. The molecule has 0 saturated heterocycles. The van der Waals surface area contributed by atoms with Gasteiger partial charge in [0.15, 0.2) is 0 Å². The van der Waals surface area contributed by atoms with Crippen molar-refractivity contribution in [3.05, 3.63) is 0 Å². The van der Waals surface area contributed by atoms with E-state index in [0.717, 1.165) is 43.1 Å². The van der Waals surface area contributed by atoms with E-state index in [1.165, 1.54) is 11.8 Å². The van der Waals surface area contributed by atoms with Crippen molar-refractivity contribution >= 4 is 34.5 Å². The lowest BCUT2D eigenvalue weighted by molar-refractivity contribution is -0.127. The number of carbonyl (C=O) groups excluding carboxylic acids is 2. The van der Waals surface area contributed by atoms with Gasteiger partial charge in [-0.2, -0.15) is 4.99 Å². The first kappa shape index (κ1) is 14.2. The number of hydrogen-bond acceptors (Lipinski definition) is 3. The minimum absolute atomic E-state index is 0.104. The smallest absolute Gasteiger partial charge is 0.343 e. The molecule has 0 N–H and O–H groups in total. The van der Waals surface area contributed by atoms with Crippen LogP contribution in [0.4, 0.5) is 4.79 Å². The summed E-state index contributed by atoms with van der Waals surface area (Å²) in [6.45, 7) is 5.37. The van der Waals surface area contributed by atoms with Gasteiger partial charge in [0, 0.05) is 24.7 Å². The van der Waals surface area contributed by atoms with Crippen molar-refractivity contribution in [3.8, 4) is 0 Å². The fraction of sp³-hybridized carbons (Fsp3) is 0.692. The zero-order valence-corrected chi connectivity index (χ0v) is 12.2. The highest BCUT2D eigenvalue weighted by Gasteiger charge is 2.32. The molecular weight excluding hydrogens is 262 g/mol. The van der Waals surface area contributed by atoms with E-state index >= 15 is 0 Å². The van der Waals surface area contributed by atoms with Crippen molar-refractivity contribution in [2.75, 3.05) is 18.8 Å². The predicted octanol–water partition coefficient (Wildman–Crippen LogP) is 2.36. The molecule has 3 amide bonds. The van der Waals surface area contributed by atoms with Gasteiger partial charge in [0.2, 0.25) is 5.91 Å². The van der Waals surface area contributed by atoms with Crippen LogP contribution in [0.5, 0.6) is 0 Å². The lowest BCUT2D eigenvalue weighted by Gasteiger charge is -2.20. The van der Waals surface area contributed by atoms with Gasteiger partial charge in [-0.1, -0.05) is 11.8 Å². The highest BCUT2D eigenvalue weighted by atomic mass is 32.2. The number of fused-ring (bicyclic) bond motifs is 1. The van der Waals surface area contributed by atoms with Gasteiger partial charge in [-0.05, 0) is 33.1 Å². The maximum atomic E-state index is 12.0. The molecule has 1 atom stereocenters. The van der Waals surface area contributed by atoms with E-state index in [2.05, 4.69) is 9.98 Å². The third kappa shape index (κ3) is 3.23. The van der Waals surface area contributed by atoms with E-state index in [1.54, 1.807) is 4.90 Å². The van der Waals surface area contributed by atoms with Crippen molar-refractivity contribution in [2.45, 2.75) is 33.1 Å². The first-order valence-corrected chi connectivity index (χ1v) is 7.74. The zero-order chi connectivity index (χ0) is 13.8. The molecule has 1 saturated carbocycles. The van der Waals surface area contributed by atoms with Crippen LogP contribution in [0.25, 0.3) is 0 Å². The minimum Gasteiger partial charge on any atom is -0.343 e. The number of aliphatic imine (C=N–C) groups is 2. The molecule has 0 aromatic heterocycles. The molecule has 2 aliphatic rings. The van der Waals surface area contributed by atoms with Gasteiger partial charge in [0.1, 0.15) is 0 Å². The fourth-order valence-electron chi connectivity index (χ4n) is 2.48. The van der Waals surface area contributed by atoms with Crippen molar-refractivity contribution < 1.29 is 9.59 Å². The Labute approximate surface area is 117 Å². The Kier molecular flexibility index (Phi) is 4.74. The summed E-state index contributed by atoms with van der Waals surface area (Å²) in [7, 11) is 0. The number of nitrogens with zero attached hydrogens (tertiary/aromatic N) is 3. The molecule has 0 bridgehead atoms. The van der Waals surface area contributed by atoms with E-state index in [0.29, 0.717) is 5.75 Å². The molecule has 6 heteroatoms. The number of urea groups is 1. The van der Waals surface area contributed by atoms with Crippen LogP contribution in [-0.2, 0) is 4.79 Å². The topological polar surface area (TPSA) is 62.1 Å². The Hall–Kier alpha value is -1.17. The van der Waals surface area contributed by atoms with Crippen LogP contribution in [0.3, 0.4) is 0 Å². The van der Waals surface area contributed by atoms with Crippen LogP contribution in [0.15, 0.2) is 9.98 Å². The first-order chi connectivity index (χ1) is 9.15. The van der Waals surface area contributed by atoms with E-state index in [1.807, 2.05) is 13.8 Å². The van der Waals surface area contributed by atoms with E-state index in [-0.39, 0.29) is 11.8 Å². The summed E-state index contributed by atoms with van der Waals surface area (Å²) in [6, 6.07) is -0.411. The molecule has 0 radical (unpaired) electrons. The summed E-state index contributed by atoms with van der Waals surface area (Å²) in [4.78, 5) is 33.1. The first-order valence-electron chi connectivity index (χ1n) is 6.76. The fourth-order valence-corrected chi connectivity index (χ4v) is 3.54. The molecule has 1 heterocycles. The normalized spacial score (nSPS) is 21.8. The average Bonchev–Trinajstić information content (AvgIpc) is 2.85. The summed E-state index contributed by atoms with van der Waals surface area (Å²) < 4.78 is 0. The number of amides is 3. The van der Waals surface area contributed by atoms with Gasteiger partial charge in [-0.25, -0.2) is 9.79 Å². The quantitative estimate of drug-likeness (QED) is 0.794. The lowest BCUT2D eigenvalue weighted by atomic mass is 10.1. The van der Waals surface area contributed by atoms with Crippen molar-refractivity contribution in [1.82, 2.24) is 4.90 Å². The Morgan fingerprint density at radius 2 is 2.11 bits per heavy atom. The van der Waals surface area contributed by atoms with Crippen LogP contribution in [-0.4, -0.2) is 46.4 Å². The van der Waals surface area contributed by atoms with E-state index in [9.17, 15) is 9.59 Å². The second-order valence-electron chi connectivity index (χ2n) is 4.64. The van der Waals surface area contributed by atoms with Crippen LogP contribution in [0.1, 0.15) is 33.1 Å². The van der Waals surface area contributed by atoms with Gasteiger partial charge in [0.25, 0.3) is 0 Å². The molecule has 0 spiro atoms. The van der Waals surface area contributed by atoms with Crippen LogP contribution in [0, 0.1) is 5.92 Å². The molecule has 1 unspecified atom stereocenters. The Morgan fingerprint density at radius 1 is 1.37 bits per heavy atom. The maximum Gasteiger partial charge on any atom is 0.367 e. The van der Waals surface area contributed by atoms with E-state index < -0.39 is 6.03 Å². The molecule has 104 valence electrons. The molecule has 1 fully saturated rings. The summed E-state index contributed by atoms with van der Waals surface area (Å²) >= 11 is 1.40. The number of hydrogen-bond donors (Lipinski definition) is 0. The van der Waals surface area contributed by atoms with Gasteiger partial charge < -0.3 is 4.90 Å². The summed E-state index contributed by atoms with van der Waals surface area (Å²) in [5, 5.41) is 0.785. The van der Waals surface area contributed by atoms with Gasteiger partial charge >= 0.3 is 6.03 Å². The molecule has 1 aliphatic heterocycles. The molecule has 2 rings (SSSR count). The molecule has 19 heavy (non-hydrogen) atoms. The Balaban J connectivity index is 1.96. The molecule has 5 nitrogen and oxygen atoms in total. The second-order valence-corrected chi connectivity index (χ2v) is 5.63. The number of thioether (sulfide) groups is 1. The van der Waals surface area contributed by atoms with Crippen LogP contribution in [0.2, 0.25) is 0 Å². The SMILES string of the molecule is CCN(CC)C(=O)CSC1=NC(=O)N=C2CCCC21. The summed E-state index contributed by atoms with van der Waals surface area (Å²) in [5.41, 5.74) is 0.956. The molecule has 1 aliphatic carbocycles. The van der Waals surface area contributed by atoms with Crippen molar-refractivity contribution in [3.63, 3.8) is 0 Å². The van der Waals surface area contributed by atoms with Gasteiger partial charge in [-0.15, -0.1) is 0 Å². The van der Waals surface area contributed by atoms with Gasteiger partial charge in [0.05, 0.1) is 10.8 Å². The van der Waals surface area contributed by atoms with E-state index in [4.69, 9.17) is 0 Å². The number of rotatable bonds is 4. The van der Waals surface area contributed by atoms with Gasteiger partial charge in [-0.3, -0.25) is 4.79 Å². The second kappa shape index (κ2) is 6.32. The maximum absolute atomic E-state index is 12.0. The Bertz CT molecular complexity index is 441. The third-order valence-electron chi connectivity index (χ3n) is 3.53. The molecule has 0 aromatic rings. The molecule has 0 aromatic carbocycles. The predicted molar refractivity (Wildman–Crippen MR) is 78.0 cm³/mol. The third-order valence-corrected chi connectivity index (χ3v) is 4.59. The largest absolute Gasteiger partial charge is 0.367 e. The standard InChI is InChI=1S/C13H19N3O2S/c1-3-16(4-2)11(17)8-19-12-9-6-5-7-10(9)14-13(18)15-12/h9H,3-8H2,1-2H3.